The van der Waals surface area contributed by atoms with Gasteiger partial charge in [0.2, 0.25) is 10.0 Å². The maximum absolute atomic E-state index is 12.1. The molecule has 88 valence electrons. The summed E-state index contributed by atoms with van der Waals surface area (Å²) in [4.78, 5) is 0. The average Bonchev–Trinajstić information content (AvgIpc) is 2.67. The van der Waals surface area contributed by atoms with E-state index < -0.39 is 10.0 Å². The number of hydrogen-bond acceptors (Lipinski definition) is 4. The van der Waals surface area contributed by atoms with Crippen molar-refractivity contribution in [1.29, 1.82) is 0 Å². The van der Waals surface area contributed by atoms with Gasteiger partial charge >= 0.3 is 0 Å². The monoisotopic (exact) mass is 234 g/mol. The Labute approximate surface area is 90.6 Å². The van der Waals surface area contributed by atoms with Crippen LogP contribution in [0.3, 0.4) is 0 Å². The predicted octanol–water partition coefficient (Wildman–Crippen LogP) is -0.472. The van der Waals surface area contributed by atoms with Gasteiger partial charge in [-0.1, -0.05) is 0 Å². The van der Waals surface area contributed by atoms with E-state index in [1.54, 1.807) is 0 Å². The largest absolute Gasteiger partial charge is 0.380 e. The molecule has 0 aromatic heterocycles. The third kappa shape index (κ3) is 2.33. The van der Waals surface area contributed by atoms with Gasteiger partial charge in [0.05, 0.1) is 11.9 Å². The van der Waals surface area contributed by atoms with Gasteiger partial charge in [-0.3, -0.25) is 0 Å². The zero-order valence-corrected chi connectivity index (χ0v) is 9.58. The molecule has 0 bridgehead atoms. The maximum Gasteiger partial charge on any atom is 0.219 e. The van der Waals surface area contributed by atoms with Crippen molar-refractivity contribution in [1.82, 2.24) is 4.31 Å². The second kappa shape index (κ2) is 4.37. The van der Waals surface area contributed by atoms with Crippen LogP contribution in [0.15, 0.2) is 0 Å². The first-order valence-corrected chi connectivity index (χ1v) is 6.93. The van der Waals surface area contributed by atoms with E-state index in [0.29, 0.717) is 32.7 Å². The van der Waals surface area contributed by atoms with Crippen LogP contribution in [0.2, 0.25) is 0 Å². The summed E-state index contributed by atoms with van der Waals surface area (Å²) < 4.78 is 31.0. The first kappa shape index (κ1) is 11.3. The molecular formula is C9H18N2O3S. The highest BCUT2D eigenvalue weighted by atomic mass is 32.2. The Kier molecular flexibility index (Phi) is 3.30. The Bertz CT molecular complexity index is 301. The molecule has 2 atom stereocenters. The Hall–Kier alpha value is -0.170. The summed E-state index contributed by atoms with van der Waals surface area (Å²) in [6, 6.07) is 0.00397. The third-order valence-electron chi connectivity index (χ3n) is 3.09. The normalized spacial score (nSPS) is 34.5. The van der Waals surface area contributed by atoms with Crippen LogP contribution < -0.4 is 5.73 Å². The Morgan fingerprint density at radius 2 is 2.13 bits per heavy atom. The summed E-state index contributed by atoms with van der Waals surface area (Å²) in [5, 5.41) is -0.350. The summed E-state index contributed by atoms with van der Waals surface area (Å²) in [6.07, 6.45) is 2.32. The number of ether oxygens (including phenoxy) is 1. The molecule has 2 rings (SSSR count). The molecule has 0 aromatic rings. The molecule has 0 saturated carbocycles. The molecule has 2 aliphatic heterocycles. The van der Waals surface area contributed by atoms with E-state index in [0.717, 1.165) is 12.8 Å². The molecule has 0 spiro atoms. The van der Waals surface area contributed by atoms with Crippen LogP contribution >= 0.6 is 0 Å². The molecule has 0 radical (unpaired) electrons. The first-order valence-electron chi connectivity index (χ1n) is 5.43. The topological polar surface area (TPSA) is 72.6 Å². The highest BCUT2D eigenvalue weighted by molar-refractivity contribution is 7.89. The van der Waals surface area contributed by atoms with Crippen molar-refractivity contribution >= 4 is 10.0 Å². The lowest BCUT2D eigenvalue weighted by molar-refractivity contribution is 0.0977. The lowest BCUT2D eigenvalue weighted by Crippen LogP contribution is -2.42. The van der Waals surface area contributed by atoms with E-state index in [9.17, 15) is 8.42 Å². The van der Waals surface area contributed by atoms with Crippen LogP contribution in [0.1, 0.15) is 19.3 Å². The second-order valence-corrected chi connectivity index (χ2v) is 6.50. The van der Waals surface area contributed by atoms with Gasteiger partial charge in [-0.15, -0.1) is 0 Å². The van der Waals surface area contributed by atoms with E-state index in [4.69, 9.17) is 10.5 Å². The Balaban J connectivity index is 2.05. The molecule has 0 aliphatic carbocycles. The van der Waals surface area contributed by atoms with Crippen molar-refractivity contribution < 1.29 is 13.2 Å². The number of nitrogens with zero attached hydrogens (tertiary/aromatic N) is 1. The SMILES string of the molecule is N[C@@H]1CCN(S(=O)(=O)C2CCCOC2)C1. The highest BCUT2D eigenvalue weighted by Gasteiger charge is 2.36. The lowest BCUT2D eigenvalue weighted by Gasteiger charge is -2.26. The zero-order valence-electron chi connectivity index (χ0n) is 8.76. The molecule has 0 amide bonds. The predicted molar refractivity (Wildman–Crippen MR) is 56.9 cm³/mol. The molecule has 2 N–H and O–H groups in total. The third-order valence-corrected chi connectivity index (χ3v) is 5.35. The Morgan fingerprint density at radius 1 is 1.33 bits per heavy atom. The van der Waals surface area contributed by atoms with Crippen LogP contribution in [0.4, 0.5) is 0 Å². The van der Waals surface area contributed by atoms with Gasteiger partial charge in [-0.2, -0.15) is 4.31 Å². The number of rotatable bonds is 2. The van der Waals surface area contributed by atoms with Crippen molar-refractivity contribution in [3.63, 3.8) is 0 Å². The van der Waals surface area contributed by atoms with Crippen LogP contribution in [0.25, 0.3) is 0 Å². The summed E-state index contributed by atoms with van der Waals surface area (Å²) in [5.74, 6) is 0. The number of sulfonamides is 1. The van der Waals surface area contributed by atoms with E-state index in [1.165, 1.54) is 4.31 Å². The fraction of sp³-hybridized carbons (Fsp3) is 1.00. The zero-order chi connectivity index (χ0) is 10.9. The summed E-state index contributed by atoms with van der Waals surface area (Å²) in [7, 11) is -3.17. The van der Waals surface area contributed by atoms with E-state index in [-0.39, 0.29) is 11.3 Å². The van der Waals surface area contributed by atoms with Crippen molar-refractivity contribution in [2.45, 2.75) is 30.6 Å². The van der Waals surface area contributed by atoms with Crippen LogP contribution in [0, 0.1) is 0 Å². The van der Waals surface area contributed by atoms with Crippen molar-refractivity contribution in [3.8, 4) is 0 Å². The van der Waals surface area contributed by atoms with Gasteiger partial charge in [0, 0.05) is 25.7 Å². The van der Waals surface area contributed by atoms with Crippen LogP contribution in [-0.4, -0.2) is 50.3 Å². The average molecular weight is 234 g/mol. The number of nitrogens with two attached hydrogens (primary N) is 1. The summed E-state index contributed by atoms with van der Waals surface area (Å²) >= 11 is 0. The number of hydrogen-bond donors (Lipinski definition) is 1. The molecule has 6 heteroatoms. The van der Waals surface area contributed by atoms with Gasteiger partial charge < -0.3 is 10.5 Å². The van der Waals surface area contributed by atoms with E-state index >= 15 is 0 Å². The molecular weight excluding hydrogens is 216 g/mol. The molecule has 2 heterocycles. The van der Waals surface area contributed by atoms with Crippen molar-refractivity contribution in [3.05, 3.63) is 0 Å². The summed E-state index contributed by atoms with van der Waals surface area (Å²) in [5.41, 5.74) is 5.71. The molecule has 5 nitrogen and oxygen atoms in total. The van der Waals surface area contributed by atoms with Gasteiger partial charge in [0.1, 0.15) is 0 Å². The standard InChI is InChI=1S/C9H18N2O3S/c10-8-3-4-11(6-8)15(12,13)9-2-1-5-14-7-9/h8-9H,1-7,10H2/t8-,9?/m1/s1. The highest BCUT2D eigenvalue weighted by Crippen LogP contribution is 2.21. The minimum absolute atomic E-state index is 0.00397. The smallest absolute Gasteiger partial charge is 0.219 e. The van der Waals surface area contributed by atoms with Gasteiger partial charge in [0.25, 0.3) is 0 Å². The second-order valence-electron chi connectivity index (χ2n) is 4.29. The minimum Gasteiger partial charge on any atom is -0.380 e. The quantitative estimate of drug-likeness (QED) is 0.701. The Morgan fingerprint density at radius 3 is 2.67 bits per heavy atom. The molecule has 2 fully saturated rings. The van der Waals surface area contributed by atoms with Gasteiger partial charge in [-0.25, -0.2) is 8.42 Å². The van der Waals surface area contributed by atoms with Gasteiger partial charge in [0.15, 0.2) is 0 Å². The fourth-order valence-electron chi connectivity index (χ4n) is 2.14. The van der Waals surface area contributed by atoms with Crippen molar-refractivity contribution in [2.24, 2.45) is 5.73 Å². The molecule has 1 unspecified atom stereocenters. The first-order chi connectivity index (χ1) is 7.10. The van der Waals surface area contributed by atoms with Crippen molar-refractivity contribution in [2.75, 3.05) is 26.3 Å². The maximum atomic E-state index is 12.1. The van der Waals surface area contributed by atoms with E-state index in [1.807, 2.05) is 0 Å². The minimum atomic E-state index is -3.17. The van der Waals surface area contributed by atoms with Gasteiger partial charge in [-0.05, 0) is 19.3 Å². The lowest BCUT2D eigenvalue weighted by atomic mass is 10.2. The van der Waals surface area contributed by atoms with Crippen LogP contribution in [0.5, 0.6) is 0 Å². The fourth-order valence-corrected chi connectivity index (χ4v) is 4.06. The molecule has 0 aromatic carbocycles. The summed E-state index contributed by atoms with van der Waals surface area (Å²) in [6.45, 7) is 2.07. The van der Waals surface area contributed by atoms with Crippen LogP contribution in [-0.2, 0) is 14.8 Å². The molecule has 15 heavy (non-hydrogen) atoms. The molecule has 2 aliphatic rings. The molecule has 2 saturated heterocycles. The van der Waals surface area contributed by atoms with E-state index in [2.05, 4.69) is 0 Å².